The number of rotatable bonds is 3. The summed E-state index contributed by atoms with van der Waals surface area (Å²) in [6.45, 7) is 2.21. The van der Waals surface area contributed by atoms with Gasteiger partial charge in [0.15, 0.2) is 6.29 Å². The molecule has 0 amide bonds. The molecular formula is C8H16O4. The molecule has 3 atom stereocenters. The molecule has 0 aromatic carbocycles. The second-order valence-electron chi connectivity index (χ2n) is 3.23. The van der Waals surface area contributed by atoms with E-state index in [4.69, 9.17) is 14.6 Å². The summed E-state index contributed by atoms with van der Waals surface area (Å²) < 4.78 is 10.1. The van der Waals surface area contributed by atoms with Crippen LogP contribution in [0.15, 0.2) is 0 Å². The Hall–Kier alpha value is -0.160. The first-order valence-electron chi connectivity index (χ1n) is 4.13. The van der Waals surface area contributed by atoms with Gasteiger partial charge in [0.25, 0.3) is 0 Å². The van der Waals surface area contributed by atoms with E-state index in [0.717, 1.165) is 0 Å². The molecule has 0 radical (unpaired) electrons. The molecule has 0 bridgehead atoms. The molecule has 0 aliphatic carbocycles. The molecule has 1 aliphatic rings. The molecule has 1 rings (SSSR count). The number of aliphatic hydroxyl groups is 2. The maximum Gasteiger partial charge on any atom is 0.183 e. The molecule has 0 spiro atoms. The summed E-state index contributed by atoms with van der Waals surface area (Å²) in [6, 6.07) is 0. The van der Waals surface area contributed by atoms with Gasteiger partial charge in [-0.1, -0.05) is 6.92 Å². The fourth-order valence-corrected chi connectivity index (χ4v) is 1.47. The molecule has 1 fully saturated rings. The van der Waals surface area contributed by atoms with Gasteiger partial charge in [0.2, 0.25) is 0 Å². The molecule has 1 heterocycles. The van der Waals surface area contributed by atoms with Crippen molar-refractivity contribution in [1.82, 2.24) is 0 Å². The Labute approximate surface area is 72.1 Å². The van der Waals surface area contributed by atoms with E-state index in [1.54, 1.807) is 0 Å². The minimum atomic E-state index is -0.725. The highest BCUT2D eigenvalue weighted by Crippen LogP contribution is 2.35. The van der Waals surface area contributed by atoms with E-state index < -0.39 is 17.8 Å². The standard InChI is InChI=1S/C8H16O4/c1-3-8(4-9)5-12-7(11-2)6(8)10/h6-7,9-10H,3-5H2,1-2H3/t6-,7+,8-/m0/s1. The van der Waals surface area contributed by atoms with Crippen LogP contribution in [-0.4, -0.2) is 42.9 Å². The fourth-order valence-electron chi connectivity index (χ4n) is 1.47. The van der Waals surface area contributed by atoms with Crippen molar-refractivity contribution in [3.05, 3.63) is 0 Å². The summed E-state index contributed by atoms with van der Waals surface area (Å²) in [6.07, 6.45) is -0.626. The van der Waals surface area contributed by atoms with Gasteiger partial charge in [-0.25, -0.2) is 0 Å². The summed E-state index contributed by atoms with van der Waals surface area (Å²) in [5, 5.41) is 18.8. The SMILES string of the molecule is CC[C@]1(CO)CO[C@@H](OC)[C@@H]1O. The molecule has 4 heteroatoms. The van der Waals surface area contributed by atoms with Crippen molar-refractivity contribution in [2.24, 2.45) is 5.41 Å². The quantitative estimate of drug-likeness (QED) is 0.622. The summed E-state index contributed by atoms with van der Waals surface area (Å²) in [5.74, 6) is 0. The zero-order valence-electron chi connectivity index (χ0n) is 7.49. The third-order valence-corrected chi connectivity index (χ3v) is 2.67. The summed E-state index contributed by atoms with van der Waals surface area (Å²) in [4.78, 5) is 0. The Bertz CT molecular complexity index is 144. The minimum absolute atomic E-state index is 0.0650. The fraction of sp³-hybridized carbons (Fsp3) is 1.00. The van der Waals surface area contributed by atoms with E-state index in [1.807, 2.05) is 6.92 Å². The Morgan fingerprint density at radius 3 is 2.58 bits per heavy atom. The lowest BCUT2D eigenvalue weighted by atomic mass is 9.83. The predicted molar refractivity (Wildman–Crippen MR) is 42.6 cm³/mol. The minimum Gasteiger partial charge on any atom is -0.396 e. The Balaban J connectivity index is 2.68. The Kier molecular flexibility index (Phi) is 3.06. The van der Waals surface area contributed by atoms with Crippen LogP contribution in [0.1, 0.15) is 13.3 Å². The van der Waals surface area contributed by atoms with Gasteiger partial charge in [0.1, 0.15) is 6.10 Å². The van der Waals surface area contributed by atoms with Gasteiger partial charge in [0.05, 0.1) is 13.2 Å². The van der Waals surface area contributed by atoms with E-state index in [2.05, 4.69) is 0 Å². The van der Waals surface area contributed by atoms with E-state index in [0.29, 0.717) is 13.0 Å². The Morgan fingerprint density at radius 2 is 2.33 bits per heavy atom. The molecule has 2 N–H and O–H groups in total. The zero-order valence-corrected chi connectivity index (χ0v) is 7.49. The number of hydrogen-bond acceptors (Lipinski definition) is 4. The van der Waals surface area contributed by atoms with Gasteiger partial charge in [-0.05, 0) is 6.42 Å². The molecule has 1 saturated heterocycles. The van der Waals surface area contributed by atoms with Gasteiger partial charge in [0, 0.05) is 12.5 Å². The van der Waals surface area contributed by atoms with Gasteiger partial charge in [-0.15, -0.1) is 0 Å². The van der Waals surface area contributed by atoms with Crippen molar-refractivity contribution in [3.63, 3.8) is 0 Å². The summed E-state index contributed by atoms with van der Waals surface area (Å²) >= 11 is 0. The lowest BCUT2D eigenvalue weighted by Crippen LogP contribution is -2.40. The normalized spacial score (nSPS) is 42.0. The maximum absolute atomic E-state index is 9.69. The van der Waals surface area contributed by atoms with Crippen molar-refractivity contribution in [3.8, 4) is 0 Å². The van der Waals surface area contributed by atoms with Gasteiger partial charge >= 0.3 is 0 Å². The van der Waals surface area contributed by atoms with Gasteiger partial charge in [-0.2, -0.15) is 0 Å². The predicted octanol–water partition coefficient (Wildman–Crippen LogP) is -0.261. The molecule has 0 aromatic heterocycles. The van der Waals surface area contributed by atoms with Crippen LogP contribution in [-0.2, 0) is 9.47 Å². The highest BCUT2D eigenvalue weighted by molar-refractivity contribution is 4.91. The lowest BCUT2D eigenvalue weighted by molar-refractivity contribution is -0.137. The van der Waals surface area contributed by atoms with Crippen LogP contribution >= 0.6 is 0 Å². The third-order valence-electron chi connectivity index (χ3n) is 2.67. The monoisotopic (exact) mass is 176 g/mol. The first-order valence-corrected chi connectivity index (χ1v) is 4.13. The van der Waals surface area contributed by atoms with E-state index in [-0.39, 0.29) is 6.61 Å². The zero-order chi connectivity index (χ0) is 9.19. The lowest BCUT2D eigenvalue weighted by Gasteiger charge is -2.27. The average molecular weight is 176 g/mol. The molecule has 12 heavy (non-hydrogen) atoms. The third kappa shape index (κ3) is 1.35. The van der Waals surface area contributed by atoms with E-state index >= 15 is 0 Å². The summed E-state index contributed by atoms with van der Waals surface area (Å²) in [7, 11) is 1.48. The highest BCUT2D eigenvalue weighted by Gasteiger charge is 2.47. The number of ether oxygens (including phenoxy) is 2. The van der Waals surface area contributed by atoms with Crippen molar-refractivity contribution >= 4 is 0 Å². The van der Waals surface area contributed by atoms with Crippen molar-refractivity contribution in [2.45, 2.75) is 25.7 Å². The van der Waals surface area contributed by atoms with Crippen LogP contribution in [0.5, 0.6) is 0 Å². The van der Waals surface area contributed by atoms with Crippen LogP contribution in [0, 0.1) is 5.41 Å². The molecule has 1 aliphatic heterocycles. The second-order valence-corrected chi connectivity index (χ2v) is 3.23. The van der Waals surface area contributed by atoms with E-state index in [9.17, 15) is 5.11 Å². The van der Waals surface area contributed by atoms with Crippen molar-refractivity contribution in [1.29, 1.82) is 0 Å². The average Bonchev–Trinajstić information content (AvgIpc) is 2.43. The largest absolute Gasteiger partial charge is 0.396 e. The molecule has 72 valence electrons. The molecule has 4 nitrogen and oxygen atoms in total. The summed E-state index contributed by atoms with van der Waals surface area (Å²) in [5.41, 5.74) is -0.527. The first kappa shape index (κ1) is 9.92. The molecule has 0 unspecified atom stereocenters. The smallest absolute Gasteiger partial charge is 0.183 e. The van der Waals surface area contributed by atoms with Gasteiger partial charge < -0.3 is 19.7 Å². The number of methoxy groups -OCH3 is 1. The van der Waals surface area contributed by atoms with Crippen LogP contribution in [0.2, 0.25) is 0 Å². The van der Waals surface area contributed by atoms with E-state index in [1.165, 1.54) is 7.11 Å². The first-order chi connectivity index (χ1) is 5.70. The van der Waals surface area contributed by atoms with Crippen molar-refractivity contribution in [2.75, 3.05) is 20.3 Å². The van der Waals surface area contributed by atoms with Gasteiger partial charge in [-0.3, -0.25) is 0 Å². The van der Waals surface area contributed by atoms with Crippen LogP contribution in [0.25, 0.3) is 0 Å². The van der Waals surface area contributed by atoms with Crippen LogP contribution in [0.3, 0.4) is 0 Å². The number of aliphatic hydroxyl groups excluding tert-OH is 2. The molecular weight excluding hydrogens is 160 g/mol. The maximum atomic E-state index is 9.69. The second kappa shape index (κ2) is 3.70. The topological polar surface area (TPSA) is 58.9 Å². The highest BCUT2D eigenvalue weighted by atomic mass is 16.7. The number of hydrogen-bond donors (Lipinski definition) is 2. The molecule has 0 aromatic rings. The van der Waals surface area contributed by atoms with Crippen LogP contribution < -0.4 is 0 Å². The van der Waals surface area contributed by atoms with Crippen LogP contribution in [0.4, 0.5) is 0 Å². The Morgan fingerprint density at radius 1 is 1.67 bits per heavy atom. The molecule has 0 saturated carbocycles. The van der Waals surface area contributed by atoms with Crippen molar-refractivity contribution < 1.29 is 19.7 Å².